The Balaban J connectivity index is 1.90. The first-order valence-corrected chi connectivity index (χ1v) is 6.82. The van der Waals surface area contributed by atoms with E-state index in [1.807, 2.05) is 0 Å². The number of rotatable bonds is 3. The zero-order valence-corrected chi connectivity index (χ0v) is 8.96. The number of aliphatic hydroxyl groups excluding tert-OH is 1. The SMILES string of the molecule is O=S(=O)(NC1CCCC(O)C1)C1CC1. The molecule has 0 heterocycles. The molecule has 2 atom stereocenters. The summed E-state index contributed by atoms with van der Waals surface area (Å²) >= 11 is 0. The number of hydrogen-bond donors (Lipinski definition) is 2. The van der Waals surface area contributed by atoms with Gasteiger partial charge >= 0.3 is 0 Å². The molecule has 0 amide bonds. The van der Waals surface area contributed by atoms with Crippen LogP contribution in [0.4, 0.5) is 0 Å². The van der Waals surface area contributed by atoms with E-state index >= 15 is 0 Å². The van der Waals surface area contributed by atoms with Gasteiger partial charge in [-0.1, -0.05) is 0 Å². The van der Waals surface area contributed by atoms with Gasteiger partial charge in [0.05, 0.1) is 11.4 Å². The van der Waals surface area contributed by atoms with Crippen molar-refractivity contribution in [1.82, 2.24) is 4.72 Å². The fourth-order valence-corrected chi connectivity index (χ4v) is 3.61. The van der Waals surface area contributed by atoms with Gasteiger partial charge in [-0.3, -0.25) is 0 Å². The van der Waals surface area contributed by atoms with Crippen molar-refractivity contribution in [2.24, 2.45) is 0 Å². The summed E-state index contributed by atoms with van der Waals surface area (Å²) in [4.78, 5) is 0. The van der Waals surface area contributed by atoms with Crippen molar-refractivity contribution in [3.63, 3.8) is 0 Å². The van der Waals surface area contributed by atoms with Crippen LogP contribution in [-0.4, -0.2) is 30.9 Å². The van der Waals surface area contributed by atoms with Crippen molar-refractivity contribution in [3.8, 4) is 0 Å². The van der Waals surface area contributed by atoms with Crippen molar-refractivity contribution in [3.05, 3.63) is 0 Å². The molecule has 0 aromatic rings. The molecule has 2 aliphatic rings. The number of nitrogens with one attached hydrogen (secondary N) is 1. The Kier molecular flexibility index (Phi) is 2.81. The van der Waals surface area contributed by atoms with Crippen LogP contribution in [0.1, 0.15) is 38.5 Å². The van der Waals surface area contributed by atoms with Gasteiger partial charge < -0.3 is 5.11 Å². The smallest absolute Gasteiger partial charge is 0.214 e. The van der Waals surface area contributed by atoms with E-state index in [1.165, 1.54) is 0 Å². The van der Waals surface area contributed by atoms with E-state index in [0.717, 1.165) is 32.1 Å². The number of hydrogen-bond acceptors (Lipinski definition) is 3. The summed E-state index contributed by atoms with van der Waals surface area (Å²) in [6, 6.07) is -0.0376. The van der Waals surface area contributed by atoms with Crippen LogP contribution in [0.3, 0.4) is 0 Å². The van der Waals surface area contributed by atoms with Crippen LogP contribution in [-0.2, 0) is 10.0 Å². The van der Waals surface area contributed by atoms with Crippen LogP contribution in [0, 0.1) is 0 Å². The molecule has 2 unspecified atom stereocenters. The first-order chi connectivity index (χ1) is 6.58. The van der Waals surface area contributed by atoms with Gasteiger partial charge in [0.2, 0.25) is 10.0 Å². The lowest BCUT2D eigenvalue weighted by Crippen LogP contribution is -2.41. The predicted molar refractivity (Wildman–Crippen MR) is 53.3 cm³/mol. The second kappa shape index (κ2) is 3.79. The van der Waals surface area contributed by atoms with E-state index in [-0.39, 0.29) is 17.4 Å². The topological polar surface area (TPSA) is 66.4 Å². The highest BCUT2D eigenvalue weighted by atomic mass is 32.2. The third kappa shape index (κ3) is 2.46. The highest BCUT2D eigenvalue weighted by Crippen LogP contribution is 2.29. The van der Waals surface area contributed by atoms with Crippen LogP contribution in [0.2, 0.25) is 0 Å². The van der Waals surface area contributed by atoms with Gasteiger partial charge in [0.15, 0.2) is 0 Å². The summed E-state index contributed by atoms with van der Waals surface area (Å²) in [6.45, 7) is 0. The molecule has 82 valence electrons. The summed E-state index contributed by atoms with van der Waals surface area (Å²) in [5, 5.41) is 9.24. The Hall–Kier alpha value is -0.130. The molecule has 2 saturated carbocycles. The first kappa shape index (κ1) is 10.4. The molecule has 0 radical (unpaired) electrons. The summed E-state index contributed by atoms with van der Waals surface area (Å²) in [6.07, 6.45) is 4.43. The average Bonchev–Trinajstić information content (AvgIpc) is 2.84. The Morgan fingerprint density at radius 2 is 1.86 bits per heavy atom. The fraction of sp³-hybridized carbons (Fsp3) is 1.00. The molecule has 0 bridgehead atoms. The standard InChI is InChI=1S/C9H17NO3S/c11-8-3-1-2-7(6-8)10-14(12,13)9-4-5-9/h7-11H,1-6H2. The van der Waals surface area contributed by atoms with Crippen molar-refractivity contribution in [1.29, 1.82) is 0 Å². The van der Waals surface area contributed by atoms with Crippen molar-refractivity contribution in [2.45, 2.75) is 55.9 Å². The normalized spacial score (nSPS) is 34.4. The molecule has 2 fully saturated rings. The van der Waals surface area contributed by atoms with Crippen LogP contribution < -0.4 is 4.72 Å². The minimum Gasteiger partial charge on any atom is -0.393 e. The molecular weight excluding hydrogens is 202 g/mol. The van der Waals surface area contributed by atoms with E-state index in [9.17, 15) is 13.5 Å². The van der Waals surface area contributed by atoms with Crippen molar-refractivity contribution >= 4 is 10.0 Å². The highest BCUT2D eigenvalue weighted by molar-refractivity contribution is 7.90. The molecule has 2 aliphatic carbocycles. The minimum absolute atomic E-state index is 0.0376. The molecule has 14 heavy (non-hydrogen) atoms. The molecule has 0 spiro atoms. The molecule has 0 aromatic heterocycles. The number of aliphatic hydroxyl groups is 1. The van der Waals surface area contributed by atoms with Gasteiger partial charge in [0.25, 0.3) is 0 Å². The maximum atomic E-state index is 11.6. The summed E-state index contributed by atoms with van der Waals surface area (Å²) < 4.78 is 25.8. The highest BCUT2D eigenvalue weighted by Gasteiger charge is 2.37. The maximum Gasteiger partial charge on any atom is 0.214 e. The van der Waals surface area contributed by atoms with E-state index < -0.39 is 10.0 Å². The van der Waals surface area contributed by atoms with Gasteiger partial charge in [-0.15, -0.1) is 0 Å². The third-order valence-electron chi connectivity index (χ3n) is 2.94. The van der Waals surface area contributed by atoms with Crippen molar-refractivity contribution < 1.29 is 13.5 Å². The monoisotopic (exact) mass is 219 g/mol. The van der Waals surface area contributed by atoms with Gasteiger partial charge in [0, 0.05) is 6.04 Å². The zero-order valence-electron chi connectivity index (χ0n) is 8.15. The third-order valence-corrected chi connectivity index (χ3v) is 4.95. The lowest BCUT2D eigenvalue weighted by atomic mass is 9.94. The van der Waals surface area contributed by atoms with Gasteiger partial charge in [-0.25, -0.2) is 13.1 Å². The Bertz CT molecular complexity index is 297. The lowest BCUT2D eigenvalue weighted by Gasteiger charge is -2.26. The molecule has 4 nitrogen and oxygen atoms in total. The van der Waals surface area contributed by atoms with E-state index in [2.05, 4.69) is 4.72 Å². The molecule has 2 N–H and O–H groups in total. The van der Waals surface area contributed by atoms with E-state index in [0.29, 0.717) is 6.42 Å². The largest absolute Gasteiger partial charge is 0.393 e. The van der Waals surface area contributed by atoms with Crippen LogP contribution >= 0.6 is 0 Å². The summed E-state index contributed by atoms with van der Waals surface area (Å²) in [5.41, 5.74) is 0. The molecular formula is C9H17NO3S. The minimum atomic E-state index is -3.07. The van der Waals surface area contributed by atoms with Gasteiger partial charge in [-0.05, 0) is 38.5 Å². The lowest BCUT2D eigenvalue weighted by molar-refractivity contribution is 0.117. The van der Waals surface area contributed by atoms with E-state index in [1.54, 1.807) is 0 Å². The molecule has 5 heteroatoms. The number of sulfonamides is 1. The van der Waals surface area contributed by atoms with Crippen LogP contribution in [0.15, 0.2) is 0 Å². The zero-order chi connectivity index (χ0) is 10.2. The Morgan fingerprint density at radius 1 is 1.14 bits per heavy atom. The maximum absolute atomic E-state index is 11.6. The molecule has 0 aliphatic heterocycles. The molecule has 2 rings (SSSR count). The molecule has 0 aromatic carbocycles. The Morgan fingerprint density at radius 3 is 2.43 bits per heavy atom. The van der Waals surface area contributed by atoms with Gasteiger partial charge in [0.1, 0.15) is 0 Å². The summed E-state index contributed by atoms with van der Waals surface area (Å²) in [5.74, 6) is 0. The second-order valence-corrected chi connectivity index (χ2v) is 6.37. The average molecular weight is 219 g/mol. The van der Waals surface area contributed by atoms with Crippen molar-refractivity contribution in [2.75, 3.05) is 0 Å². The predicted octanol–water partition coefficient (Wildman–Crippen LogP) is 0.372. The fourth-order valence-electron chi connectivity index (χ4n) is 1.98. The van der Waals surface area contributed by atoms with Gasteiger partial charge in [-0.2, -0.15) is 0 Å². The Labute approximate surface area is 84.8 Å². The summed E-state index contributed by atoms with van der Waals surface area (Å²) in [7, 11) is -3.07. The first-order valence-electron chi connectivity index (χ1n) is 5.27. The van der Waals surface area contributed by atoms with Crippen LogP contribution in [0.5, 0.6) is 0 Å². The van der Waals surface area contributed by atoms with E-state index in [4.69, 9.17) is 0 Å². The second-order valence-electron chi connectivity index (χ2n) is 4.38. The van der Waals surface area contributed by atoms with Crippen LogP contribution in [0.25, 0.3) is 0 Å². The molecule has 0 saturated heterocycles. The quantitative estimate of drug-likeness (QED) is 0.721.